The zero-order valence-corrected chi connectivity index (χ0v) is 24.2. The number of nitrogens with zero attached hydrogens (tertiary/aromatic N) is 1. The van der Waals surface area contributed by atoms with Gasteiger partial charge in [0.1, 0.15) is 11.5 Å². The Morgan fingerprint density at radius 3 is 1.82 bits per heavy atom. The Labute approximate surface area is 236 Å². The molecule has 0 spiro atoms. The molecule has 0 aromatic heterocycles. The van der Waals surface area contributed by atoms with Gasteiger partial charge in [0.15, 0.2) is 18.2 Å². The Morgan fingerprint density at radius 2 is 1.32 bits per heavy atom. The third-order valence-electron chi connectivity index (χ3n) is 8.14. The monoisotopic (exact) mass is 542 g/mol. The fourth-order valence-corrected chi connectivity index (χ4v) is 6.27. The summed E-state index contributed by atoms with van der Waals surface area (Å²) in [6, 6.07) is 14.5. The molecule has 5 rings (SSSR count). The zero-order valence-electron chi connectivity index (χ0n) is 24.2. The highest BCUT2D eigenvalue weighted by atomic mass is 16.5. The molecule has 40 heavy (non-hydrogen) atoms. The molecule has 7 heteroatoms. The standard InChI is InChI=1S/C33H38N2O5/c1-32(2)15-24-30(26(36)17-32)29(31-25(35(24)5)16-33(3,4)18-27(31)37)20-7-11-23(12-8-20)40-19-28(38)34-21-9-13-22(39-6)14-10-21/h7-14,29H,15-19H2,1-6H3,(H,34,38). The summed E-state index contributed by atoms with van der Waals surface area (Å²) in [7, 11) is 3.60. The van der Waals surface area contributed by atoms with E-state index in [2.05, 4.69) is 37.9 Å². The minimum absolute atomic E-state index is 0.114. The number of amides is 1. The number of nitrogens with one attached hydrogen (secondary N) is 1. The van der Waals surface area contributed by atoms with Crippen LogP contribution in [0.1, 0.15) is 64.9 Å². The van der Waals surface area contributed by atoms with E-state index in [1.54, 1.807) is 31.4 Å². The lowest BCUT2D eigenvalue weighted by Gasteiger charge is -2.47. The second-order valence-electron chi connectivity index (χ2n) is 12.7. The first-order chi connectivity index (χ1) is 18.9. The molecule has 0 unspecified atom stereocenters. The molecule has 0 fully saturated rings. The van der Waals surface area contributed by atoms with Crippen LogP contribution in [-0.2, 0) is 14.4 Å². The maximum absolute atomic E-state index is 13.6. The largest absolute Gasteiger partial charge is 0.497 e. The van der Waals surface area contributed by atoms with Crippen LogP contribution >= 0.6 is 0 Å². The quantitative estimate of drug-likeness (QED) is 0.480. The van der Waals surface area contributed by atoms with Gasteiger partial charge in [-0.05, 0) is 65.6 Å². The van der Waals surface area contributed by atoms with E-state index in [-0.39, 0.29) is 40.8 Å². The normalized spacial score (nSPS) is 20.2. The van der Waals surface area contributed by atoms with E-state index >= 15 is 0 Å². The summed E-state index contributed by atoms with van der Waals surface area (Å²) < 4.78 is 10.9. The van der Waals surface area contributed by atoms with Crippen LogP contribution in [0.3, 0.4) is 0 Å². The van der Waals surface area contributed by atoms with Gasteiger partial charge >= 0.3 is 0 Å². The molecular formula is C33H38N2O5. The van der Waals surface area contributed by atoms with Crippen LogP contribution in [0.25, 0.3) is 0 Å². The Bertz CT molecular complexity index is 1360. The van der Waals surface area contributed by atoms with Gasteiger partial charge < -0.3 is 19.7 Å². The summed E-state index contributed by atoms with van der Waals surface area (Å²) in [5.41, 5.74) is 4.85. The highest BCUT2D eigenvalue weighted by molar-refractivity contribution is 6.06. The molecular weight excluding hydrogens is 504 g/mol. The van der Waals surface area contributed by atoms with Crippen LogP contribution in [0.5, 0.6) is 11.5 Å². The number of allylic oxidation sites excluding steroid dienone is 4. The van der Waals surface area contributed by atoms with Gasteiger partial charge in [0.25, 0.3) is 5.91 Å². The van der Waals surface area contributed by atoms with E-state index < -0.39 is 0 Å². The number of Topliss-reactive ketones (excluding diaryl/α,β-unsaturated/α-hetero) is 2. The second kappa shape index (κ2) is 10.3. The number of carbonyl (C=O) groups is 3. The van der Waals surface area contributed by atoms with Crippen molar-refractivity contribution in [2.75, 3.05) is 26.1 Å². The minimum Gasteiger partial charge on any atom is -0.497 e. The van der Waals surface area contributed by atoms with Crippen molar-refractivity contribution in [1.82, 2.24) is 4.90 Å². The van der Waals surface area contributed by atoms with Crippen LogP contribution < -0.4 is 14.8 Å². The predicted molar refractivity (Wildman–Crippen MR) is 154 cm³/mol. The Morgan fingerprint density at radius 1 is 0.825 bits per heavy atom. The first-order valence-electron chi connectivity index (χ1n) is 13.8. The van der Waals surface area contributed by atoms with Gasteiger partial charge in [-0.2, -0.15) is 0 Å². The van der Waals surface area contributed by atoms with Crippen molar-refractivity contribution in [3.8, 4) is 11.5 Å². The summed E-state index contributed by atoms with van der Waals surface area (Å²) >= 11 is 0. The molecule has 7 nitrogen and oxygen atoms in total. The summed E-state index contributed by atoms with van der Waals surface area (Å²) in [6.45, 7) is 8.39. The van der Waals surface area contributed by atoms with Gasteiger partial charge in [-0.3, -0.25) is 14.4 Å². The number of methoxy groups -OCH3 is 1. The molecule has 2 aliphatic carbocycles. The molecule has 2 aromatic carbocycles. The maximum atomic E-state index is 13.6. The van der Waals surface area contributed by atoms with Gasteiger partial charge in [-0.25, -0.2) is 0 Å². The predicted octanol–water partition coefficient (Wildman–Crippen LogP) is 6.03. The van der Waals surface area contributed by atoms with Gasteiger partial charge in [-0.15, -0.1) is 0 Å². The number of rotatable bonds is 6. The zero-order chi connectivity index (χ0) is 28.8. The molecule has 0 saturated heterocycles. The van der Waals surface area contributed by atoms with Gasteiger partial charge in [-0.1, -0.05) is 39.8 Å². The summed E-state index contributed by atoms with van der Waals surface area (Å²) in [4.78, 5) is 41.8. The number of ketones is 2. The van der Waals surface area contributed by atoms with Crippen molar-refractivity contribution in [2.24, 2.45) is 10.8 Å². The van der Waals surface area contributed by atoms with Crippen LogP contribution in [0.15, 0.2) is 71.1 Å². The van der Waals surface area contributed by atoms with Crippen molar-refractivity contribution in [3.63, 3.8) is 0 Å². The molecule has 1 aliphatic heterocycles. The summed E-state index contributed by atoms with van der Waals surface area (Å²) in [6.07, 6.45) is 2.50. The minimum atomic E-state index is -0.388. The molecule has 0 saturated carbocycles. The molecule has 1 N–H and O–H groups in total. The lowest BCUT2D eigenvalue weighted by molar-refractivity contribution is -0.120. The van der Waals surface area contributed by atoms with Crippen LogP contribution in [-0.4, -0.2) is 43.1 Å². The smallest absolute Gasteiger partial charge is 0.262 e. The Hall–Kier alpha value is -3.87. The fraction of sp³-hybridized carbons (Fsp3) is 0.424. The molecule has 210 valence electrons. The fourth-order valence-electron chi connectivity index (χ4n) is 6.27. The number of hydrogen-bond acceptors (Lipinski definition) is 6. The molecule has 1 amide bonds. The first kappa shape index (κ1) is 27.7. The van der Waals surface area contributed by atoms with Crippen LogP contribution in [0.2, 0.25) is 0 Å². The van der Waals surface area contributed by atoms with E-state index in [1.807, 2.05) is 31.3 Å². The lowest BCUT2D eigenvalue weighted by Crippen LogP contribution is -2.43. The molecule has 0 radical (unpaired) electrons. The summed E-state index contributed by atoms with van der Waals surface area (Å²) in [5.74, 6) is 0.811. The number of anilines is 1. The van der Waals surface area contributed by atoms with E-state index in [0.29, 0.717) is 30.0 Å². The average molecular weight is 543 g/mol. The lowest BCUT2D eigenvalue weighted by atomic mass is 9.64. The van der Waals surface area contributed by atoms with Gasteiger partial charge in [0.2, 0.25) is 0 Å². The van der Waals surface area contributed by atoms with E-state index in [0.717, 1.165) is 40.9 Å². The molecule has 3 aliphatic rings. The number of benzene rings is 2. The molecule has 0 atom stereocenters. The van der Waals surface area contributed by atoms with E-state index in [1.165, 1.54) is 0 Å². The van der Waals surface area contributed by atoms with Crippen molar-refractivity contribution in [2.45, 2.75) is 59.3 Å². The Kier molecular flexibility index (Phi) is 7.11. The van der Waals surface area contributed by atoms with Crippen molar-refractivity contribution >= 4 is 23.2 Å². The molecule has 2 aromatic rings. The maximum Gasteiger partial charge on any atom is 0.262 e. The molecule has 0 bridgehead atoms. The first-order valence-corrected chi connectivity index (χ1v) is 13.8. The third kappa shape index (κ3) is 5.42. The highest BCUT2D eigenvalue weighted by Gasteiger charge is 2.48. The topological polar surface area (TPSA) is 84.9 Å². The average Bonchev–Trinajstić information content (AvgIpc) is 2.88. The Balaban J connectivity index is 1.40. The van der Waals surface area contributed by atoms with Crippen molar-refractivity contribution < 1.29 is 23.9 Å². The second-order valence-corrected chi connectivity index (χ2v) is 12.7. The van der Waals surface area contributed by atoms with Crippen molar-refractivity contribution in [3.05, 3.63) is 76.6 Å². The highest BCUT2D eigenvalue weighted by Crippen LogP contribution is 2.53. The number of hydrogen-bond donors (Lipinski definition) is 1. The van der Waals surface area contributed by atoms with Crippen molar-refractivity contribution in [1.29, 1.82) is 0 Å². The summed E-state index contributed by atoms with van der Waals surface area (Å²) in [5, 5.41) is 2.80. The van der Waals surface area contributed by atoms with E-state index in [4.69, 9.17) is 9.47 Å². The SMILES string of the molecule is COc1ccc(NC(=O)COc2ccc(C3C4=C(CC(C)(C)CC4=O)N(C)C4=C3C(=O)CC(C)(C)C4)cc2)cc1. The van der Waals surface area contributed by atoms with Crippen LogP contribution in [0.4, 0.5) is 5.69 Å². The third-order valence-corrected chi connectivity index (χ3v) is 8.14. The van der Waals surface area contributed by atoms with Gasteiger partial charge in [0, 0.05) is 54.0 Å². The van der Waals surface area contributed by atoms with Gasteiger partial charge in [0.05, 0.1) is 7.11 Å². The number of ether oxygens (including phenoxy) is 2. The van der Waals surface area contributed by atoms with E-state index in [9.17, 15) is 14.4 Å². The van der Waals surface area contributed by atoms with Crippen LogP contribution in [0, 0.1) is 10.8 Å². The molecule has 1 heterocycles. The number of carbonyl (C=O) groups excluding carboxylic acids is 3.